The largest absolute Gasteiger partial charge is 0.462 e. The molecule has 13 nitrogen and oxygen atoms in total. The van der Waals surface area contributed by atoms with E-state index in [0.717, 1.165) is 0 Å². The van der Waals surface area contributed by atoms with Gasteiger partial charge >= 0.3 is 5.97 Å². The molecule has 3 fully saturated rings. The molecule has 0 aliphatic carbocycles. The zero-order valence-electron chi connectivity index (χ0n) is 30.3. The lowest BCUT2D eigenvalue weighted by Gasteiger charge is -2.48. The third-order valence-electron chi connectivity index (χ3n) is 11.4. The van der Waals surface area contributed by atoms with E-state index in [4.69, 9.17) is 23.7 Å². The minimum Gasteiger partial charge on any atom is -0.462 e. The fourth-order valence-corrected chi connectivity index (χ4v) is 7.80. The summed E-state index contributed by atoms with van der Waals surface area (Å²) in [7, 11) is 0. The summed E-state index contributed by atoms with van der Waals surface area (Å²) in [5.41, 5.74) is -2.91. The van der Waals surface area contributed by atoms with Gasteiger partial charge in [0.15, 0.2) is 12.6 Å². The number of carbonyl (C=O) groups is 2. The minimum absolute atomic E-state index is 0.0977. The van der Waals surface area contributed by atoms with Crippen molar-refractivity contribution >= 4 is 11.8 Å². The third-order valence-corrected chi connectivity index (χ3v) is 11.4. The number of ketones is 1. The number of carbonyl (C=O) groups excluding carboxylic acids is 2. The third kappa shape index (κ3) is 9.15. The Morgan fingerprint density at radius 1 is 0.792 bits per heavy atom. The molecule has 0 radical (unpaired) electrons. The number of aliphatic hydroxyl groups excluding tert-OH is 4. The van der Waals surface area contributed by atoms with E-state index in [2.05, 4.69) is 0 Å². The summed E-state index contributed by atoms with van der Waals surface area (Å²) in [6, 6.07) is 0. The topological polar surface area (TPSA) is 202 Å². The molecule has 0 amide bonds. The van der Waals surface area contributed by atoms with Crippen LogP contribution in [0.1, 0.15) is 94.9 Å². The zero-order valence-corrected chi connectivity index (χ0v) is 30.3. The molecule has 6 N–H and O–H groups in total. The molecule has 0 spiro atoms. The Hall–Kier alpha value is -1.26. The number of Topliss-reactive ketones (excluding diaryl/α,β-unsaturated/α-hetero) is 1. The van der Waals surface area contributed by atoms with Crippen molar-refractivity contribution in [3.63, 3.8) is 0 Å². The van der Waals surface area contributed by atoms with Crippen molar-refractivity contribution in [2.24, 2.45) is 35.5 Å². The van der Waals surface area contributed by atoms with Crippen LogP contribution in [0.5, 0.6) is 0 Å². The van der Waals surface area contributed by atoms with Crippen molar-refractivity contribution in [1.29, 1.82) is 0 Å². The standard InChI is InChI=1S/C35H62O13/c1-11-24-17(3)29(39)18(4)28(38)16(2)13-35(10,43)32(48-26-12-23(37)30(40)25(15-36)45-26)19(5)31(20(6)33(41)46-24)47-27-14-34(9,42)21(7)22(8)44-27/h16-27,29-32,36-37,39-40,42-43H,11-15H2,1-10H3/t16-,17+,18+,19+,20-,21+,22+,23-,24-,25-,26+,27+,29+,30+,31+,32-,34-,35-/m1/s1. The van der Waals surface area contributed by atoms with Gasteiger partial charge in [-0.1, -0.05) is 41.5 Å². The summed E-state index contributed by atoms with van der Waals surface area (Å²) >= 11 is 0. The summed E-state index contributed by atoms with van der Waals surface area (Å²) in [5.74, 6) is -5.03. The lowest BCUT2D eigenvalue weighted by Crippen LogP contribution is -2.58. The van der Waals surface area contributed by atoms with E-state index in [1.807, 2.05) is 20.8 Å². The summed E-state index contributed by atoms with van der Waals surface area (Å²) < 4.78 is 30.9. The van der Waals surface area contributed by atoms with E-state index in [9.17, 15) is 40.2 Å². The number of hydrogen-bond acceptors (Lipinski definition) is 13. The van der Waals surface area contributed by atoms with Crippen LogP contribution in [0.3, 0.4) is 0 Å². The van der Waals surface area contributed by atoms with Gasteiger partial charge in [0.05, 0.1) is 54.2 Å². The number of hydrogen-bond donors (Lipinski definition) is 6. The average molecular weight is 691 g/mol. The molecule has 0 bridgehead atoms. The Morgan fingerprint density at radius 2 is 1.42 bits per heavy atom. The quantitative estimate of drug-likeness (QED) is 0.220. The Labute approximate surface area is 285 Å². The molecule has 3 saturated heterocycles. The molecule has 3 aliphatic heterocycles. The van der Waals surface area contributed by atoms with Crippen LogP contribution in [-0.4, -0.2) is 122 Å². The normalized spacial score (nSPS) is 50.4. The van der Waals surface area contributed by atoms with Crippen molar-refractivity contribution in [2.75, 3.05) is 6.61 Å². The van der Waals surface area contributed by atoms with Gasteiger partial charge in [-0.05, 0) is 40.5 Å². The molecule has 0 aromatic rings. The molecule has 0 unspecified atom stereocenters. The second-order valence-electron chi connectivity index (χ2n) is 15.4. The summed E-state index contributed by atoms with van der Waals surface area (Å²) in [6.45, 7) is 16.5. The molecule has 3 rings (SSSR count). The van der Waals surface area contributed by atoms with Crippen molar-refractivity contribution in [2.45, 2.75) is 168 Å². The van der Waals surface area contributed by atoms with Gasteiger partial charge in [0, 0.05) is 42.4 Å². The first-order chi connectivity index (χ1) is 22.2. The Morgan fingerprint density at radius 3 is 1.98 bits per heavy atom. The van der Waals surface area contributed by atoms with E-state index in [-0.39, 0.29) is 37.1 Å². The van der Waals surface area contributed by atoms with Crippen LogP contribution in [0.2, 0.25) is 0 Å². The van der Waals surface area contributed by atoms with E-state index in [1.54, 1.807) is 41.5 Å². The highest BCUT2D eigenvalue weighted by Crippen LogP contribution is 2.40. The van der Waals surface area contributed by atoms with Crippen LogP contribution in [-0.2, 0) is 33.3 Å². The smallest absolute Gasteiger partial charge is 0.311 e. The SMILES string of the molecule is CC[C@H]1OC(=O)[C@H](C)[C@@H](O[C@H]2C[C@@](C)(O)[C@@H](C)[C@H](C)O2)[C@H](C)[C@@H](O[C@H]2C[C@@H](O)[C@H](O)[C@@H](CO)O2)[C@](C)(O)C[C@@H](C)C(=O)[C@H](C)[C@@H](O)[C@H]1C. The molecule has 48 heavy (non-hydrogen) atoms. The molecule has 3 aliphatic rings. The number of aliphatic hydroxyl groups is 6. The van der Waals surface area contributed by atoms with Gasteiger partial charge in [0.25, 0.3) is 0 Å². The van der Waals surface area contributed by atoms with E-state index in [0.29, 0.717) is 6.42 Å². The van der Waals surface area contributed by atoms with Gasteiger partial charge < -0.3 is 54.3 Å². The monoisotopic (exact) mass is 690 g/mol. The second kappa shape index (κ2) is 16.4. The van der Waals surface area contributed by atoms with E-state index >= 15 is 0 Å². The first kappa shape index (κ1) is 41.2. The van der Waals surface area contributed by atoms with Crippen molar-refractivity contribution in [3.8, 4) is 0 Å². The van der Waals surface area contributed by atoms with Gasteiger partial charge in [-0.25, -0.2) is 0 Å². The van der Waals surface area contributed by atoms with E-state index in [1.165, 1.54) is 6.92 Å². The summed E-state index contributed by atoms with van der Waals surface area (Å²) in [6.07, 6.45) is -10.2. The van der Waals surface area contributed by atoms with Crippen LogP contribution in [0.25, 0.3) is 0 Å². The molecule has 18 atom stereocenters. The highest BCUT2D eigenvalue weighted by molar-refractivity contribution is 5.83. The van der Waals surface area contributed by atoms with E-state index < -0.39 is 109 Å². The molecular formula is C35H62O13. The maximum atomic E-state index is 13.9. The van der Waals surface area contributed by atoms with Crippen molar-refractivity contribution in [3.05, 3.63) is 0 Å². The Kier molecular flexibility index (Phi) is 14.1. The van der Waals surface area contributed by atoms with Crippen LogP contribution < -0.4 is 0 Å². The molecular weight excluding hydrogens is 628 g/mol. The number of cyclic esters (lactones) is 1. The van der Waals surface area contributed by atoms with Gasteiger partial charge in [-0.3, -0.25) is 9.59 Å². The highest BCUT2D eigenvalue weighted by atomic mass is 16.7. The van der Waals surface area contributed by atoms with Crippen molar-refractivity contribution in [1.82, 2.24) is 0 Å². The maximum Gasteiger partial charge on any atom is 0.311 e. The Bertz CT molecular complexity index is 1070. The molecule has 13 heteroatoms. The molecule has 0 aromatic carbocycles. The maximum absolute atomic E-state index is 13.9. The van der Waals surface area contributed by atoms with Gasteiger partial charge in [-0.15, -0.1) is 0 Å². The minimum atomic E-state index is -1.77. The average Bonchev–Trinajstić information content (AvgIpc) is 3.02. The number of rotatable bonds is 6. The van der Waals surface area contributed by atoms with Crippen LogP contribution in [0.4, 0.5) is 0 Å². The second-order valence-corrected chi connectivity index (χ2v) is 15.4. The summed E-state index contributed by atoms with van der Waals surface area (Å²) in [4.78, 5) is 27.6. The lowest BCUT2D eigenvalue weighted by atomic mass is 9.74. The number of esters is 1. The van der Waals surface area contributed by atoms with Crippen LogP contribution >= 0.6 is 0 Å². The predicted octanol–water partition coefficient (Wildman–Crippen LogP) is 1.69. The van der Waals surface area contributed by atoms with Gasteiger partial charge in [0.1, 0.15) is 24.1 Å². The van der Waals surface area contributed by atoms with Crippen molar-refractivity contribution < 1.29 is 63.9 Å². The van der Waals surface area contributed by atoms with Gasteiger partial charge in [-0.2, -0.15) is 0 Å². The predicted molar refractivity (Wildman–Crippen MR) is 173 cm³/mol. The Balaban J connectivity index is 2.12. The molecule has 3 heterocycles. The number of ether oxygens (including phenoxy) is 5. The first-order valence-corrected chi connectivity index (χ1v) is 17.6. The molecule has 280 valence electrons. The summed E-state index contributed by atoms with van der Waals surface area (Å²) in [5, 5.41) is 65.3. The fourth-order valence-electron chi connectivity index (χ4n) is 7.80. The lowest BCUT2D eigenvalue weighted by molar-refractivity contribution is -0.310. The zero-order chi connectivity index (χ0) is 36.5. The first-order valence-electron chi connectivity index (χ1n) is 17.6. The van der Waals surface area contributed by atoms with Crippen LogP contribution in [0, 0.1) is 35.5 Å². The molecule has 0 aromatic heterocycles. The highest BCUT2D eigenvalue weighted by Gasteiger charge is 2.51. The van der Waals surface area contributed by atoms with Crippen LogP contribution in [0.15, 0.2) is 0 Å². The molecule has 0 saturated carbocycles. The van der Waals surface area contributed by atoms with Gasteiger partial charge in [0.2, 0.25) is 0 Å². The fraction of sp³-hybridized carbons (Fsp3) is 0.943.